The minimum atomic E-state index is -0.0660. The third kappa shape index (κ3) is 3.53. The molecule has 0 bridgehead atoms. The fourth-order valence-electron chi connectivity index (χ4n) is 2.57. The Kier molecular flexibility index (Phi) is 4.62. The largest absolute Gasteiger partial charge is 0.497 e. The molecule has 6 heteroatoms. The maximum Gasteiger partial charge on any atom is 0.255 e. The van der Waals surface area contributed by atoms with Crippen LogP contribution in [0.5, 0.6) is 5.75 Å². The van der Waals surface area contributed by atoms with E-state index in [9.17, 15) is 9.59 Å². The number of hydrogen-bond donors (Lipinski definition) is 0. The number of rotatable bonds is 4. The van der Waals surface area contributed by atoms with Gasteiger partial charge in [-0.2, -0.15) is 11.3 Å². The minimum Gasteiger partial charge on any atom is -0.497 e. The number of nitrogens with zero attached hydrogens (tertiary/aromatic N) is 2. The van der Waals surface area contributed by atoms with Gasteiger partial charge >= 0.3 is 0 Å². The second-order valence-corrected chi connectivity index (χ2v) is 6.18. The van der Waals surface area contributed by atoms with Gasteiger partial charge in [0.15, 0.2) is 0 Å². The quantitative estimate of drug-likeness (QED) is 0.864. The van der Waals surface area contributed by atoms with E-state index in [2.05, 4.69) is 0 Å². The van der Waals surface area contributed by atoms with Crippen LogP contribution < -0.4 is 4.74 Å². The molecule has 0 spiro atoms. The number of ether oxygens (including phenoxy) is 1. The highest BCUT2D eigenvalue weighted by Gasteiger charge is 2.27. The highest BCUT2D eigenvalue weighted by atomic mass is 32.1. The molecular weight excluding hydrogens is 312 g/mol. The second kappa shape index (κ2) is 6.83. The van der Waals surface area contributed by atoms with Crippen LogP contribution in [-0.2, 0) is 11.3 Å². The van der Waals surface area contributed by atoms with Crippen molar-refractivity contribution >= 4 is 23.2 Å². The van der Waals surface area contributed by atoms with Gasteiger partial charge in [-0.15, -0.1) is 0 Å². The third-order valence-electron chi connectivity index (χ3n) is 3.91. The number of piperazine rings is 1. The van der Waals surface area contributed by atoms with Gasteiger partial charge in [-0.05, 0) is 29.1 Å². The summed E-state index contributed by atoms with van der Waals surface area (Å²) in [7, 11) is 1.63. The minimum absolute atomic E-state index is 0.0179. The Morgan fingerprint density at radius 3 is 2.61 bits per heavy atom. The predicted molar refractivity (Wildman–Crippen MR) is 88.6 cm³/mol. The summed E-state index contributed by atoms with van der Waals surface area (Å²) in [5.74, 6) is 0.714. The van der Waals surface area contributed by atoms with Gasteiger partial charge in [-0.1, -0.05) is 12.1 Å². The third-order valence-corrected chi connectivity index (χ3v) is 4.59. The molecule has 1 aromatic heterocycles. The van der Waals surface area contributed by atoms with Crippen molar-refractivity contribution < 1.29 is 14.3 Å². The molecule has 0 radical (unpaired) electrons. The molecule has 0 atom stereocenters. The first kappa shape index (κ1) is 15.6. The van der Waals surface area contributed by atoms with Crippen molar-refractivity contribution in [2.45, 2.75) is 6.54 Å². The van der Waals surface area contributed by atoms with E-state index in [4.69, 9.17) is 4.74 Å². The first-order valence-corrected chi connectivity index (χ1v) is 8.34. The fourth-order valence-corrected chi connectivity index (χ4v) is 3.20. The summed E-state index contributed by atoms with van der Waals surface area (Å²) in [4.78, 5) is 28.0. The number of methoxy groups -OCH3 is 1. The average Bonchev–Trinajstić information content (AvgIpc) is 3.11. The number of carbonyl (C=O) groups excluding carboxylic acids is 2. The van der Waals surface area contributed by atoms with Gasteiger partial charge in [-0.25, -0.2) is 0 Å². The molecule has 120 valence electrons. The van der Waals surface area contributed by atoms with E-state index in [1.54, 1.807) is 23.0 Å². The van der Waals surface area contributed by atoms with Crippen molar-refractivity contribution in [3.63, 3.8) is 0 Å². The normalized spacial score (nSPS) is 14.9. The zero-order valence-corrected chi connectivity index (χ0v) is 13.7. The molecule has 0 N–H and O–H groups in total. The van der Waals surface area contributed by atoms with E-state index in [0.717, 1.165) is 11.3 Å². The topological polar surface area (TPSA) is 49.9 Å². The lowest BCUT2D eigenvalue weighted by Crippen LogP contribution is -2.51. The van der Waals surface area contributed by atoms with Gasteiger partial charge in [-0.3, -0.25) is 9.59 Å². The molecule has 1 aliphatic rings. The van der Waals surface area contributed by atoms with Crippen LogP contribution in [0.4, 0.5) is 0 Å². The summed E-state index contributed by atoms with van der Waals surface area (Å²) >= 11 is 1.48. The molecule has 5 nitrogen and oxygen atoms in total. The summed E-state index contributed by atoms with van der Waals surface area (Å²) in [6, 6.07) is 9.47. The summed E-state index contributed by atoms with van der Waals surface area (Å²) in [5.41, 5.74) is 1.71. The molecule has 0 saturated carbocycles. The second-order valence-electron chi connectivity index (χ2n) is 5.40. The van der Waals surface area contributed by atoms with Crippen LogP contribution in [0.1, 0.15) is 15.9 Å². The molecule has 23 heavy (non-hydrogen) atoms. The summed E-state index contributed by atoms with van der Waals surface area (Å²) in [6.07, 6.45) is 0. The molecular formula is C17H18N2O3S. The summed E-state index contributed by atoms with van der Waals surface area (Å²) < 4.78 is 5.13. The molecule has 0 unspecified atom stereocenters. The molecule has 2 heterocycles. The van der Waals surface area contributed by atoms with Crippen LogP contribution in [-0.4, -0.2) is 48.4 Å². The molecule has 2 amide bonds. The van der Waals surface area contributed by atoms with Crippen LogP contribution in [0.3, 0.4) is 0 Å². The Labute approximate surface area is 139 Å². The number of amides is 2. The Morgan fingerprint density at radius 1 is 1.22 bits per heavy atom. The number of thiophene rings is 1. The van der Waals surface area contributed by atoms with Crippen LogP contribution in [0.15, 0.2) is 41.1 Å². The Morgan fingerprint density at radius 2 is 2.00 bits per heavy atom. The fraction of sp³-hybridized carbons (Fsp3) is 0.294. The predicted octanol–water partition coefficient (Wildman–Crippen LogP) is 2.24. The van der Waals surface area contributed by atoms with Gasteiger partial charge < -0.3 is 14.5 Å². The molecule has 1 aromatic carbocycles. The number of carbonyl (C=O) groups is 2. The smallest absolute Gasteiger partial charge is 0.255 e. The van der Waals surface area contributed by atoms with Crippen molar-refractivity contribution in [3.05, 3.63) is 52.2 Å². The van der Waals surface area contributed by atoms with E-state index in [-0.39, 0.29) is 18.4 Å². The SMILES string of the molecule is COc1ccc(CN2CCN(C(=O)c3ccsc3)CC2=O)cc1. The average molecular weight is 330 g/mol. The molecule has 1 saturated heterocycles. The Bertz CT molecular complexity index is 682. The van der Waals surface area contributed by atoms with E-state index in [1.807, 2.05) is 35.0 Å². The van der Waals surface area contributed by atoms with Gasteiger partial charge in [0.2, 0.25) is 5.91 Å². The van der Waals surface area contributed by atoms with Crippen molar-refractivity contribution in [1.82, 2.24) is 9.80 Å². The Balaban J connectivity index is 1.60. The van der Waals surface area contributed by atoms with Crippen molar-refractivity contribution in [2.24, 2.45) is 0 Å². The molecule has 2 aromatic rings. The van der Waals surface area contributed by atoms with Crippen molar-refractivity contribution in [1.29, 1.82) is 0 Å². The van der Waals surface area contributed by atoms with Gasteiger partial charge in [0, 0.05) is 25.0 Å². The van der Waals surface area contributed by atoms with E-state index in [0.29, 0.717) is 25.2 Å². The van der Waals surface area contributed by atoms with Crippen molar-refractivity contribution in [3.8, 4) is 5.75 Å². The van der Waals surface area contributed by atoms with Gasteiger partial charge in [0.25, 0.3) is 5.91 Å². The van der Waals surface area contributed by atoms with Crippen LogP contribution in [0.2, 0.25) is 0 Å². The zero-order chi connectivity index (χ0) is 16.2. The molecule has 1 aliphatic heterocycles. The number of benzene rings is 1. The van der Waals surface area contributed by atoms with E-state index in [1.165, 1.54) is 11.3 Å². The first-order chi connectivity index (χ1) is 11.2. The highest BCUT2D eigenvalue weighted by molar-refractivity contribution is 7.08. The van der Waals surface area contributed by atoms with Crippen LogP contribution in [0, 0.1) is 0 Å². The van der Waals surface area contributed by atoms with Gasteiger partial charge in [0.1, 0.15) is 12.3 Å². The maximum atomic E-state index is 12.3. The summed E-state index contributed by atoms with van der Waals surface area (Å²) in [6.45, 7) is 1.82. The zero-order valence-electron chi connectivity index (χ0n) is 12.9. The molecule has 3 rings (SSSR count). The van der Waals surface area contributed by atoms with E-state index >= 15 is 0 Å². The van der Waals surface area contributed by atoms with Crippen molar-refractivity contribution in [2.75, 3.05) is 26.7 Å². The van der Waals surface area contributed by atoms with Crippen LogP contribution >= 0.6 is 11.3 Å². The maximum absolute atomic E-state index is 12.3. The lowest BCUT2D eigenvalue weighted by molar-refractivity contribution is -0.135. The summed E-state index contributed by atoms with van der Waals surface area (Å²) in [5, 5.41) is 3.69. The first-order valence-electron chi connectivity index (χ1n) is 7.39. The van der Waals surface area contributed by atoms with Crippen LogP contribution in [0.25, 0.3) is 0 Å². The highest BCUT2D eigenvalue weighted by Crippen LogP contribution is 2.16. The van der Waals surface area contributed by atoms with Gasteiger partial charge in [0.05, 0.1) is 12.7 Å². The monoisotopic (exact) mass is 330 g/mol. The number of hydrogen-bond acceptors (Lipinski definition) is 4. The van der Waals surface area contributed by atoms with E-state index < -0.39 is 0 Å². The molecule has 1 fully saturated rings. The lowest BCUT2D eigenvalue weighted by Gasteiger charge is -2.34. The Hall–Kier alpha value is -2.34. The lowest BCUT2D eigenvalue weighted by atomic mass is 10.1. The standard InChI is InChI=1S/C17H18N2O3S/c1-22-15-4-2-13(3-5-15)10-18-7-8-19(11-16(18)20)17(21)14-6-9-23-12-14/h2-6,9,12H,7-8,10-11H2,1H3. The molecule has 0 aliphatic carbocycles.